The van der Waals surface area contributed by atoms with E-state index in [1.165, 1.54) is 18.4 Å². The van der Waals surface area contributed by atoms with Crippen LogP contribution in [0, 0.1) is 0 Å². The molecule has 0 radical (unpaired) electrons. The highest BCUT2D eigenvalue weighted by atomic mass is 35.5. The number of rotatable bonds is 1. The van der Waals surface area contributed by atoms with Crippen molar-refractivity contribution in [3.8, 4) is 0 Å². The van der Waals surface area contributed by atoms with Crippen LogP contribution in [0.3, 0.4) is 0 Å². The number of aromatic nitrogens is 2. The van der Waals surface area contributed by atoms with Crippen LogP contribution in [0.25, 0.3) is 5.65 Å². The summed E-state index contributed by atoms with van der Waals surface area (Å²) in [6.07, 6.45) is 6.50. The molecule has 1 aliphatic carbocycles. The summed E-state index contributed by atoms with van der Waals surface area (Å²) in [6, 6.07) is 4.28. The number of imidazole rings is 1. The average Bonchev–Trinajstić information content (AvgIpc) is 2.87. The van der Waals surface area contributed by atoms with Crippen molar-refractivity contribution in [2.45, 2.75) is 18.8 Å². The fraction of sp³-hybridized carbons (Fsp3) is 0.300. The summed E-state index contributed by atoms with van der Waals surface area (Å²) in [5.41, 5.74) is 2.35. The van der Waals surface area contributed by atoms with Crippen molar-refractivity contribution in [3.63, 3.8) is 0 Å². The highest BCUT2D eigenvalue weighted by molar-refractivity contribution is 6.29. The number of hydrogen-bond acceptors (Lipinski definition) is 1. The van der Waals surface area contributed by atoms with Crippen molar-refractivity contribution in [1.82, 2.24) is 9.38 Å². The molecule has 0 aliphatic heterocycles. The van der Waals surface area contributed by atoms with Crippen LogP contribution in [0.1, 0.15) is 24.3 Å². The van der Waals surface area contributed by atoms with Gasteiger partial charge in [-0.25, -0.2) is 4.98 Å². The first-order valence-electron chi connectivity index (χ1n) is 4.47. The molecule has 0 N–H and O–H groups in total. The summed E-state index contributed by atoms with van der Waals surface area (Å²) in [7, 11) is 0. The molecule has 0 unspecified atom stereocenters. The van der Waals surface area contributed by atoms with Gasteiger partial charge in [0, 0.05) is 12.4 Å². The third-order valence-electron chi connectivity index (χ3n) is 2.50. The molecule has 0 atom stereocenters. The third-order valence-corrected chi connectivity index (χ3v) is 2.69. The van der Waals surface area contributed by atoms with Gasteiger partial charge in [0.1, 0.15) is 10.8 Å². The maximum atomic E-state index is 5.80. The molecule has 0 saturated heterocycles. The van der Waals surface area contributed by atoms with E-state index in [9.17, 15) is 0 Å². The number of fused-ring (bicyclic) bond motifs is 1. The van der Waals surface area contributed by atoms with Crippen molar-refractivity contribution in [2.75, 3.05) is 0 Å². The molecule has 3 heteroatoms. The Morgan fingerprint density at radius 2 is 2.31 bits per heavy atom. The predicted molar refractivity (Wildman–Crippen MR) is 52.2 cm³/mol. The van der Waals surface area contributed by atoms with Gasteiger partial charge in [0.15, 0.2) is 0 Å². The third kappa shape index (κ3) is 1.22. The summed E-state index contributed by atoms with van der Waals surface area (Å²) >= 11 is 5.80. The first-order chi connectivity index (χ1) is 6.33. The Morgan fingerprint density at radius 3 is 3.08 bits per heavy atom. The van der Waals surface area contributed by atoms with Crippen LogP contribution in [0.4, 0.5) is 0 Å². The maximum absolute atomic E-state index is 5.80. The lowest BCUT2D eigenvalue weighted by atomic mass is 10.2. The van der Waals surface area contributed by atoms with Crippen molar-refractivity contribution >= 4 is 17.2 Å². The molecule has 3 rings (SSSR count). The van der Waals surface area contributed by atoms with Crippen LogP contribution >= 0.6 is 11.6 Å². The van der Waals surface area contributed by atoms with E-state index in [-0.39, 0.29) is 0 Å². The highest BCUT2D eigenvalue weighted by Gasteiger charge is 2.23. The zero-order chi connectivity index (χ0) is 8.84. The van der Waals surface area contributed by atoms with Gasteiger partial charge >= 0.3 is 0 Å². The second kappa shape index (κ2) is 2.48. The summed E-state index contributed by atoms with van der Waals surface area (Å²) < 4.78 is 1.95. The van der Waals surface area contributed by atoms with Crippen LogP contribution in [-0.4, -0.2) is 9.38 Å². The summed E-state index contributed by atoms with van der Waals surface area (Å²) in [6.45, 7) is 0. The van der Waals surface area contributed by atoms with Crippen molar-refractivity contribution in [2.24, 2.45) is 0 Å². The van der Waals surface area contributed by atoms with Crippen molar-refractivity contribution in [3.05, 3.63) is 35.2 Å². The molecule has 1 aliphatic rings. The van der Waals surface area contributed by atoms with Crippen LogP contribution in [-0.2, 0) is 0 Å². The molecule has 0 aromatic carbocycles. The first kappa shape index (κ1) is 7.39. The lowest BCUT2D eigenvalue weighted by molar-refractivity contribution is 1.09. The van der Waals surface area contributed by atoms with E-state index in [1.807, 2.05) is 16.8 Å². The topological polar surface area (TPSA) is 17.3 Å². The maximum Gasteiger partial charge on any atom is 0.148 e. The molecule has 1 saturated carbocycles. The molecule has 13 heavy (non-hydrogen) atoms. The summed E-state index contributed by atoms with van der Waals surface area (Å²) in [5.74, 6) is 0.778. The minimum atomic E-state index is 0.563. The minimum Gasteiger partial charge on any atom is -0.305 e. The van der Waals surface area contributed by atoms with Gasteiger partial charge in [0.2, 0.25) is 0 Å². The molecular formula is C10H9ClN2. The standard InChI is InChI=1S/C10H9ClN2/c11-9-6-13-4-3-8(7-1-2-7)5-10(13)12-9/h3-7H,1-2H2. The van der Waals surface area contributed by atoms with E-state index >= 15 is 0 Å². The number of pyridine rings is 1. The molecule has 1 fully saturated rings. The molecule has 66 valence electrons. The Labute approximate surface area is 81.2 Å². The molecule has 2 aromatic heterocycles. The van der Waals surface area contributed by atoms with Crippen LogP contribution in [0.2, 0.25) is 5.15 Å². The molecular weight excluding hydrogens is 184 g/mol. The number of hydrogen-bond donors (Lipinski definition) is 0. The van der Waals surface area contributed by atoms with Gasteiger partial charge in [-0.2, -0.15) is 0 Å². The van der Waals surface area contributed by atoms with E-state index in [1.54, 1.807) is 0 Å². The lowest BCUT2D eigenvalue weighted by Crippen LogP contribution is -1.85. The second-order valence-corrected chi connectivity index (χ2v) is 3.95. The summed E-state index contributed by atoms with van der Waals surface area (Å²) in [5, 5.41) is 0.563. The largest absolute Gasteiger partial charge is 0.305 e. The lowest BCUT2D eigenvalue weighted by Gasteiger charge is -1.97. The predicted octanol–water partition coefficient (Wildman–Crippen LogP) is 2.87. The zero-order valence-corrected chi connectivity index (χ0v) is 7.83. The first-order valence-corrected chi connectivity index (χ1v) is 4.85. The van der Waals surface area contributed by atoms with E-state index in [0.717, 1.165) is 11.6 Å². The van der Waals surface area contributed by atoms with Gasteiger partial charge in [0.05, 0.1) is 0 Å². The zero-order valence-electron chi connectivity index (χ0n) is 7.07. The molecule has 0 bridgehead atoms. The van der Waals surface area contributed by atoms with Gasteiger partial charge in [-0.1, -0.05) is 11.6 Å². The van der Waals surface area contributed by atoms with Crippen molar-refractivity contribution in [1.29, 1.82) is 0 Å². The quantitative estimate of drug-likeness (QED) is 0.679. The van der Waals surface area contributed by atoms with Crippen LogP contribution < -0.4 is 0 Å². The Morgan fingerprint density at radius 1 is 1.46 bits per heavy atom. The summed E-state index contributed by atoms with van der Waals surface area (Å²) in [4.78, 5) is 4.21. The molecule has 2 heterocycles. The minimum absolute atomic E-state index is 0.563. The Kier molecular flexibility index (Phi) is 1.41. The van der Waals surface area contributed by atoms with Crippen LogP contribution in [0.15, 0.2) is 24.5 Å². The Balaban J connectivity index is 2.20. The van der Waals surface area contributed by atoms with E-state index in [0.29, 0.717) is 5.15 Å². The fourth-order valence-electron chi connectivity index (χ4n) is 1.64. The average molecular weight is 193 g/mol. The molecule has 2 aromatic rings. The molecule has 2 nitrogen and oxygen atoms in total. The van der Waals surface area contributed by atoms with Gasteiger partial charge in [-0.05, 0) is 36.5 Å². The van der Waals surface area contributed by atoms with Gasteiger partial charge in [-0.15, -0.1) is 0 Å². The Bertz CT molecular complexity index is 457. The van der Waals surface area contributed by atoms with E-state index in [4.69, 9.17) is 11.6 Å². The van der Waals surface area contributed by atoms with Gasteiger partial charge in [-0.3, -0.25) is 0 Å². The normalized spacial score (nSPS) is 16.7. The van der Waals surface area contributed by atoms with E-state index in [2.05, 4.69) is 17.1 Å². The smallest absolute Gasteiger partial charge is 0.148 e. The number of halogens is 1. The highest BCUT2D eigenvalue weighted by Crippen LogP contribution is 2.40. The fourth-order valence-corrected chi connectivity index (χ4v) is 1.83. The monoisotopic (exact) mass is 192 g/mol. The number of nitrogens with zero attached hydrogens (tertiary/aromatic N) is 2. The SMILES string of the molecule is Clc1cn2ccc(C3CC3)cc2n1. The van der Waals surface area contributed by atoms with Gasteiger partial charge < -0.3 is 4.40 Å². The van der Waals surface area contributed by atoms with Crippen molar-refractivity contribution < 1.29 is 0 Å². The van der Waals surface area contributed by atoms with Gasteiger partial charge in [0.25, 0.3) is 0 Å². The Hall–Kier alpha value is -1.02. The molecule has 0 amide bonds. The van der Waals surface area contributed by atoms with E-state index < -0.39 is 0 Å². The second-order valence-electron chi connectivity index (χ2n) is 3.56. The van der Waals surface area contributed by atoms with Crippen LogP contribution in [0.5, 0.6) is 0 Å². The molecule has 0 spiro atoms.